The van der Waals surface area contributed by atoms with Gasteiger partial charge in [-0.2, -0.15) is 9.49 Å². The number of halogens is 3. The van der Waals surface area contributed by atoms with Gasteiger partial charge in [-0.05, 0) is 68.1 Å². The quantitative estimate of drug-likeness (QED) is 0.568. The molecule has 1 fully saturated rings. The summed E-state index contributed by atoms with van der Waals surface area (Å²) < 4.78 is 29.8. The molecule has 1 aliphatic rings. The van der Waals surface area contributed by atoms with Crippen molar-refractivity contribution in [1.29, 1.82) is 0 Å². The molecule has 0 N–H and O–H groups in total. The van der Waals surface area contributed by atoms with E-state index in [1.54, 1.807) is 30.0 Å². The Morgan fingerprint density at radius 2 is 1.90 bits per heavy atom. The molecule has 1 amide bonds. The fourth-order valence-corrected chi connectivity index (χ4v) is 3.68. The Bertz CT molecular complexity index is 1120. The molecule has 1 aromatic heterocycles. The second-order valence-electron chi connectivity index (χ2n) is 7.41. The fourth-order valence-electron chi connectivity index (χ4n) is 3.56. The van der Waals surface area contributed by atoms with E-state index in [0.29, 0.717) is 22.0 Å². The number of hydrogen-bond donors (Lipinski definition) is 0. The Labute approximate surface area is 172 Å². The normalized spacial score (nSPS) is 13.6. The van der Waals surface area contributed by atoms with Gasteiger partial charge in [-0.15, -0.1) is 0 Å². The lowest BCUT2D eigenvalue weighted by atomic mass is 10.00. The van der Waals surface area contributed by atoms with E-state index in [1.165, 1.54) is 19.2 Å². The molecule has 1 saturated carbocycles. The summed E-state index contributed by atoms with van der Waals surface area (Å²) >= 11 is 6.14. The number of aromatic nitrogens is 2. The smallest absolute Gasteiger partial charge is 0.265 e. The average molecular weight is 416 g/mol. The van der Waals surface area contributed by atoms with Crippen molar-refractivity contribution in [2.45, 2.75) is 32.7 Å². The molecule has 4 nitrogen and oxygen atoms in total. The van der Waals surface area contributed by atoms with Crippen molar-refractivity contribution in [3.05, 3.63) is 70.0 Å². The van der Waals surface area contributed by atoms with Crippen molar-refractivity contribution in [3.63, 3.8) is 0 Å². The Kier molecular flexibility index (Phi) is 4.90. The van der Waals surface area contributed by atoms with E-state index in [9.17, 15) is 13.6 Å². The van der Waals surface area contributed by atoms with Crippen molar-refractivity contribution in [2.75, 3.05) is 4.90 Å². The van der Waals surface area contributed by atoms with E-state index in [4.69, 9.17) is 11.6 Å². The molecule has 0 aliphatic heterocycles. The molecule has 0 bridgehead atoms. The van der Waals surface area contributed by atoms with Crippen LogP contribution in [0.1, 0.15) is 34.5 Å². The predicted molar refractivity (Wildman–Crippen MR) is 109 cm³/mol. The average Bonchev–Trinajstić information content (AvgIpc) is 3.46. The van der Waals surface area contributed by atoms with Gasteiger partial charge in [-0.3, -0.25) is 4.79 Å². The van der Waals surface area contributed by atoms with Crippen molar-refractivity contribution < 1.29 is 13.6 Å². The molecule has 0 spiro atoms. The number of carbonyl (C=O) groups excluding carboxylic acids is 1. The topological polar surface area (TPSA) is 38.1 Å². The van der Waals surface area contributed by atoms with Gasteiger partial charge in [0.15, 0.2) is 0 Å². The van der Waals surface area contributed by atoms with Gasteiger partial charge >= 0.3 is 0 Å². The molecule has 1 aliphatic carbocycles. The summed E-state index contributed by atoms with van der Waals surface area (Å²) in [6.07, 6.45) is 1.62. The number of nitrogens with zero attached hydrogens (tertiary/aromatic N) is 3. The van der Waals surface area contributed by atoms with Crippen LogP contribution in [0, 0.1) is 25.6 Å². The third kappa shape index (κ3) is 3.53. The van der Waals surface area contributed by atoms with Crippen LogP contribution in [0.25, 0.3) is 11.1 Å². The first kappa shape index (κ1) is 19.6. The SMILES string of the molecule is Cc1cc(-c2cc(F)ccc2N(C(=O)c2c(C)nn(C)c2F)C2CC2)ccc1Cl. The highest BCUT2D eigenvalue weighted by atomic mass is 35.5. The number of rotatable bonds is 4. The molecular weight excluding hydrogens is 396 g/mol. The largest absolute Gasteiger partial charge is 0.304 e. The van der Waals surface area contributed by atoms with Crippen LogP contribution in [0.4, 0.5) is 14.5 Å². The first-order chi connectivity index (χ1) is 13.8. The molecule has 150 valence electrons. The van der Waals surface area contributed by atoms with E-state index < -0.39 is 17.7 Å². The number of carbonyl (C=O) groups is 1. The van der Waals surface area contributed by atoms with Crippen molar-refractivity contribution in [3.8, 4) is 11.1 Å². The number of aryl methyl sites for hydroxylation is 3. The molecule has 7 heteroatoms. The summed E-state index contributed by atoms with van der Waals surface area (Å²) in [6.45, 7) is 3.47. The van der Waals surface area contributed by atoms with Crippen LogP contribution >= 0.6 is 11.6 Å². The number of anilines is 1. The third-order valence-electron chi connectivity index (χ3n) is 5.18. The van der Waals surface area contributed by atoms with Crippen molar-refractivity contribution in [2.24, 2.45) is 7.05 Å². The minimum absolute atomic E-state index is 0.0537. The zero-order valence-corrected chi connectivity index (χ0v) is 17.1. The zero-order chi connectivity index (χ0) is 20.9. The van der Waals surface area contributed by atoms with E-state index >= 15 is 0 Å². The summed E-state index contributed by atoms with van der Waals surface area (Å²) in [6, 6.07) is 9.62. The predicted octanol–water partition coefficient (Wildman–Crippen LogP) is 5.44. The Morgan fingerprint density at radius 3 is 2.48 bits per heavy atom. The summed E-state index contributed by atoms with van der Waals surface area (Å²) in [7, 11) is 1.46. The highest BCUT2D eigenvalue weighted by Crippen LogP contribution is 2.40. The Balaban J connectivity index is 1.87. The van der Waals surface area contributed by atoms with Crippen LogP contribution in [-0.2, 0) is 7.05 Å². The molecule has 4 rings (SSSR count). The maximum atomic E-state index is 14.6. The van der Waals surface area contributed by atoms with Crippen LogP contribution in [0.5, 0.6) is 0 Å². The maximum absolute atomic E-state index is 14.6. The second-order valence-corrected chi connectivity index (χ2v) is 7.81. The molecule has 0 atom stereocenters. The summed E-state index contributed by atoms with van der Waals surface area (Å²) in [5.74, 6) is -1.55. The van der Waals surface area contributed by atoms with Crippen LogP contribution in [0.2, 0.25) is 5.02 Å². The second kappa shape index (κ2) is 7.26. The van der Waals surface area contributed by atoms with Gasteiger partial charge in [0.2, 0.25) is 5.95 Å². The van der Waals surface area contributed by atoms with Crippen molar-refractivity contribution in [1.82, 2.24) is 9.78 Å². The van der Waals surface area contributed by atoms with Crippen LogP contribution in [0.15, 0.2) is 36.4 Å². The fraction of sp³-hybridized carbons (Fsp3) is 0.273. The van der Waals surface area contributed by atoms with Gasteiger partial charge in [0.1, 0.15) is 11.4 Å². The molecule has 3 aromatic rings. The molecule has 0 saturated heterocycles. The lowest BCUT2D eigenvalue weighted by molar-refractivity contribution is 0.0980. The number of benzene rings is 2. The van der Waals surface area contributed by atoms with Gasteiger partial charge in [0, 0.05) is 23.7 Å². The number of amides is 1. The summed E-state index contributed by atoms with van der Waals surface area (Å²) in [5, 5.41) is 4.63. The Morgan fingerprint density at radius 1 is 1.17 bits per heavy atom. The maximum Gasteiger partial charge on any atom is 0.265 e. The molecule has 2 aromatic carbocycles. The first-order valence-electron chi connectivity index (χ1n) is 9.36. The molecule has 1 heterocycles. The summed E-state index contributed by atoms with van der Waals surface area (Å²) in [4.78, 5) is 15.0. The van der Waals surface area contributed by atoms with E-state index in [2.05, 4.69) is 5.10 Å². The zero-order valence-electron chi connectivity index (χ0n) is 16.3. The Hall–Kier alpha value is -2.73. The van der Waals surface area contributed by atoms with Crippen LogP contribution in [-0.4, -0.2) is 21.7 Å². The van der Waals surface area contributed by atoms with Crippen molar-refractivity contribution >= 4 is 23.2 Å². The van der Waals surface area contributed by atoms with Gasteiger partial charge in [-0.1, -0.05) is 17.7 Å². The summed E-state index contributed by atoms with van der Waals surface area (Å²) in [5.41, 5.74) is 2.96. The van der Waals surface area contributed by atoms with Gasteiger partial charge in [0.05, 0.1) is 11.4 Å². The van der Waals surface area contributed by atoms with Gasteiger partial charge in [0.25, 0.3) is 5.91 Å². The third-order valence-corrected chi connectivity index (χ3v) is 5.61. The lowest BCUT2D eigenvalue weighted by Crippen LogP contribution is -2.34. The van der Waals surface area contributed by atoms with E-state index in [-0.39, 0.29) is 11.6 Å². The lowest BCUT2D eigenvalue weighted by Gasteiger charge is -2.25. The minimum atomic E-state index is -0.677. The van der Waals surface area contributed by atoms with Crippen LogP contribution in [0.3, 0.4) is 0 Å². The standard InChI is InChI=1S/C22H20ClF2N3O/c1-12-10-14(4-8-18(12)23)17-11-15(24)5-9-19(17)28(16-6-7-16)22(29)20-13(2)26-27(3)21(20)25/h4-5,8-11,16H,6-7H2,1-3H3. The van der Waals surface area contributed by atoms with Gasteiger partial charge < -0.3 is 4.90 Å². The van der Waals surface area contributed by atoms with Gasteiger partial charge in [-0.25, -0.2) is 9.07 Å². The first-order valence-corrected chi connectivity index (χ1v) is 9.74. The van der Waals surface area contributed by atoms with E-state index in [1.807, 2.05) is 13.0 Å². The number of hydrogen-bond acceptors (Lipinski definition) is 2. The highest BCUT2D eigenvalue weighted by Gasteiger charge is 2.38. The monoisotopic (exact) mass is 415 g/mol. The molecule has 0 unspecified atom stereocenters. The molecular formula is C22H20ClF2N3O. The minimum Gasteiger partial charge on any atom is -0.304 e. The van der Waals surface area contributed by atoms with Crippen LogP contribution < -0.4 is 4.90 Å². The molecule has 0 radical (unpaired) electrons. The van der Waals surface area contributed by atoms with E-state index in [0.717, 1.165) is 28.7 Å². The molecule has 29 heavy (non-hydrogen) atoms. The highest BCUT2D eigenvalue weighted by molar-refractivity contribution is 6.31.